The number of halogens is 4. The molecule has 1 saturated heterocycles. The van der Waals surface area contributed by atoms with Crippen molar-refractivity contribution in [3.05, 3.63) is 77.3 Å². The molecule has 2 aromatic carbocycles. The molecule has 1 aliphatic rings. The monoisotopic (exact) mass is 600 g/mol. The number of benzene rings is 2. The van der Waals surface area contributed by atoms with E-state index < -0.39 is 29.2 Å². The van der Waals surface area contributed by atoms with Crippen molar-refractivity contribution in [3.63, 3.8) is 0 Å². The lowest BCUT2D eigenvalue weighted by Gasteiger charge is -2.37. The number of carbonyl (C=O) groups excluding carboxylic acids is 1. The summed E-state index contributed by atoms with van der Waals surface area (Å²) in [5.74, 6) is -1.76. The fourth-order valence-electron chi connectivity index (χ4n) is 4.92. The minimum absolute atomic E-state index is 0.0249. The molecular weight excluding hydrogens is 572 g/mol. The summed E-state index contributed by atoms with van der Waals surface area (Å²) >= 11 is 1.21. The Morgan fingerprint density at radius 3 is 2.79 bits per heavy atom. The van der Waals surface area contributed by atoms with Crippen molar-refractivity contribution >= 4 is 28.6 Å². The largest absolute Gasteiger partial charge is 0.457 e. The van der Waals surface area contributed by atoms with Crippen LogP contribution < -0.4 is 20.3 Å². The van der Waals surface area contributed by atoms with Gasteiger partial charge in [0.1, 0.15) is 33.6 Å². The molecule has 0 spiro atoms. The Kier molecular flexibility index (Phi) is 8.97. The second kappa shape index (κ2) is 12.8. The van der Waals surface area contributed by atoms with Crippen LogP contribution in [-0.2, 0) is 6.18 Å². The Bertz CT molecular complexity index is 1530. The van der Waals surface area contributed by atoms with Crippen molar-refractivity contribution in [1.82, 2.24) is 20.5 Å². The van der Waals surface area contributed by atoms with Gasteiger partial charge < -0.3 is 20.3 Å². The van der Waals surface area contributed by atoms with Crippen LogP contribution in [0.1, 0.15) is 35.8 Å². The first kappa shape index (κ1) is 29.4. The third-order valence-corrected chi connectivity index (χ3v) is 7.67. The number of thiazole rings is 1. The minimum Gasteiger partial charge on any atom is -0.457 e. The SMILES string of the molecule is CCNC[C@@H]1CCCN(c2c(NC(=O)c3csc(-c4ccnnc4)n3)ccc(Oc3cccc(F)c3)c2C(F)(F)F)C1. The number of aromatic nitrogens is 3. The standard InChI is InChI=1S/C29H28F4N6O2S/c1-2-34-14-18-5-4-12-39(16-18)26-22(37-27(40)23-17-42-28(38-23)19-10-11-35-36-15-19)8-9-24(25(26)29(31,32)33)41-21-7-3-6-20(30)13-21/h3,6-11,13,15,17-18,34H,2,4-5,12,14,16H2,1H3,(H,37,40)/t18-/m0/s1. The summed E-state index contributed by atoms with van der Waals surface area (Å²) in [5.41, 5.74) is -0.554. The summed E-state index contributed by atoms with van der Waals surface area (Å²) in [6.07, 6.45) is -0.319. The van der Waals surface area contributed by atoms with E-state index in [1.54, 1.807) is 11.0 Å². The Labute approximate surface area is 243 Å². The van der Waals surface area contributed by atoms with Gasteiger partial charge in [-0.05, 0) is 62.2 Å². The topological polar surface area (TPSA) is 92.3 Å². The van der Waals surface area contributed by atoms with Crippen molar-refractivity contribution in [2.75, 3.05) is 36.4 Å². The first-order valence-corrected chi connectivity index (χ1v) is 14.3. The maximum atomic E-state index is 14.8. The van der Waals surface area contributed by atoms with Crippen LogP contribution in [0, 0.1) is 11.7 Å². The van der Waals surface area contributed by atoms with Gasteiger partial charge in [-0.2, -0.15) is 23.4 Å². The fraction of sp³-hybridized carbons (Fsp3) is 0.310. The van der Waals surface area contributed by atoms with Crippen LogP contribution in [0.25, 0.3) is 10.6 Å². The van der Waals surface area contributed by atoms with E-state index in [9.17, 15) is 22.4 Å². The predicted molar refractivity (Wildman–Crippen MR) is 152 cm³/mol. The normalized spacial score (nSPS) is 15.5. The van der Waals surface area contributed by atoms with Gasteiger partial charge in [-0.15, -0.1) is 11.3 Å². The molecule has 13 heteroatoms. The van der Waals surface area contributed by atoms with E-state index >= 15 is 0 Å². The van der Waals surface area contributed by atoms with Gasteiger partial charge in [-0.25, -0.2) is 9.37 Å². The second-order valence-electron chi connectivity index (χ2n) is 9.78. The number of carbonyl (C=O) groups is 1. The average molecular weight is 601 g/mol. The lowest BCUT2D eigenvalue weighted by Crippen LogP contribution is -2.41. The highest BCUT2D eigenvalue weighted by atomic mass is 32.1. The number of hydrogen-bond donors (Lipinski definition) is 2. The Balaban J connectivity index is 1.54. The lowest BCUT2D eigenvalue weighted by atomic mass is 9.96. The first-order chi connectivity index (χ1) is 20.2. The van der Waals surface area contributed by atoms with Crippen molar-refractivity contribution in [1.29, 1.82) is 0 Å². The van der Waals surface area contributed by atoms with Gasteiger partial charge in [0.25, 0.3) is 5.91 Å². The lowest BCUT2D eigenvalue weighted by molar-refractivity contribution is -0.138. The second-order valence-corrected chi connectivity index (χ2v) is 10.6. The van der Waals surface area contributed by atoms with E-state index in [4.69, 9.17) is 4.74 Å². The summed E-state index contributed by atoms with van der Waals surface area (Å²) in [5, 5.41) is 15.5. The summed E-state index contributed by atoms with van der Waals surface area (Å²) in [6.45, 7) is 4.07. The fourth-order valence-corrected chi connectivity index (χ4v) is 5.71. The number of nitrogens with zero attached hydrogens (tertiary/aromatic N) is 4. The van der Waals surface area contributed by atoms with Gasteiger partial charge in [0, 0.05) is 30.1 Å². The van der Waals surface area contributed by atoms with Crippen LogP contribution in [0.5, 0.6) is 11.5 Å². The van der Waals surface area contributed by atoms with Gasteiger partial charge in [0.05, 0.1) is 23.8 Å². The molecule has 42 heavy (non-hydrogen) atoms. The number of nitrogens with one attached hydrogen (secondary N) is 2. The number of amides is 1. The quantitative estimate of drug-likeness (QED) is 0.209. The number of hydrogen-bond acceptors (Lipinski definition) is 8. The van der Waals surface area contributed by atoms with Crippen molar-refractivity contribution in [2.24, 2.45) is 5.92 Å². The molecule has 3 heterocycles. The number of piperidine rings is 1. The predicted octanol–water partition coefficient (Wildman–Crippen LogP) is 6.63. The maximum absolute atomic E-state index is 14.8. The highest BCUT2D eigenvalue weighted by molar-refractivity contribution is 7.13. The van der Waals surface area contributed by atoms with E-state index in [0.717, 1.165) is 25.1 Å². The van der Waals surface area contributed by atoms with Crippen LogP contribution in [-0.4, -0.2) is 47.3 Å². The summed E-state index contributed by atoms with van der Waals surface area (Å²) in [6, 6.07) is 9.14. The van der Waals surface area contributed by atoms with Gasteiger partial charge in [0.15, 0.2) is 0 Å². The van der Waals surface area contributed by atoms with E-state index in [2.05, 4.69) is 25.8 Å². The smallest absolute Gasteiger partial charge is 0.422 e. The number of ether oxygens (including phenoxy) is 1. The molecule has 0 saturated carbocycles. The molecule has 1 atom stereocenters. The molecule has 220 valence electrons. The highest BCUT2D eigenvalue weighted by Gasteiger charge is 2.41. The molecule has 2 N–H and O–H groups in total. The zero-order valence-corrected chi connectivity index (χ0v) is 23.4. The molecule has 5 rings (SSSR count). The van der Waals surface area contributed by atoms with Crippen molar-refractivity contribution in [2.45, 2.75) is 25.9 Å². The average Bonchev–Trinajstić information content (AvgIpc) is 3.47. The van der Waals surface area contributed by atoms with Gasteiger partial charge >= 0.3 is 6.18 Å². The van der Waals surface area contributed by atoms with Crippen LogP contribution in [0.4, 0.5) is 28.9 Å². The van der Waals surface area contributed by atoms with Gasteiger partial charge in [0.2, 0.25) is 0 Å². The molecule has 0 aliphatic carbocycles. The zero-order chi connectivity index (χ0) is 29.7. The van der Waals surface area contributed by atoms with Gasteiger partial charge in [-0.3, -0.25) is 4.79 Å². The molecule has 8 nitrogen and oxygen atoms in total. The molecule has 0 unspecified atom stereocenters. The highest BCUT2D eigenvalue weighted by Crippen LogP contribution is 2.48. The summed E-state index contributed by atoms with van der Waals surface area (Å²) in [7, 11) is 0. The molecule has 1 amide bonds. The molecule has 1 aliphatic heterocycles. The number of alkyl halides is 3. The van der Waals surface area contributed by atoms with Gasteiger partial charge in [-0.1, -0.05) is 13.0 Å². The van der Waals surface area contributed by atoms with E-state index in [1.165, 1.54) is 53.4 Å². The molecule has 0 radical (unpaired) electrons. The number of anilines is 2. The van der Waals surface area contributed by atoms with E-state index in [0.29, 0.717) is 36.6 Å². The third kappa shape index (κ3) is 6.85. The molecule has 1 fully saturated rings. The zero-order valence-electron chi connectivity index (χ0n) is 22.6. The van der Waals surface area contributed by atoms with Crippen LogP contribution in [0.2, 0.25) is 0 Å². The Morgan fingerprint density at radius 2 is 2.05 bits per heavy atom. The molecule has 2 aromatic heterocycles. The number of rotatable bonds is 9. The third-order valence-electron chi connectivity index (χ3n) is 6.78. The van der Waals surface area contributed by atoms with Crippen molar-refractivity contribution in [3.8, 4) is 22.1 Å². The summed E-state index contributed by atoms with van der Waals surface area (Å²) in [4.78, 5) is 19.3. The van der Waals surface area contributed by atoms with Crippen molar-refractivity contribution < 1.29 is 27.1 Å². The molecular formula is C29H28F4N6O2S. The van der Waals surface area contributed by atoms with Crippen LogP contribution in [0.3, 0.4) is 0 Å². The Hall–Kier alpha value is -4.10. The molecule has 4 aromatic rings. The van der Waals surface area contributed by atoms with Crippen LogP contribution >= 0.6 is 11.3 Å². The maximum Gasteiger partial charge on any atom is 0.422 e. The minimum atomic E-state index is -4.85. The van der Waals surface area contributed by atoms with Crippen LogP contribution in [0.15, 0.2) is 60.2 Å². The molecule has 0 bridgehead atoms. The summed E-state index contributed by atoms with van der Waals surface area (Å²) < 4.78 is 64.0. The first-order valence-electron chi connectivity index (χ1n) is 13.4. The van der Waals surface area contributed by atoms with E-state index in [-0.39, 0.29) is 28.7 Å². The Morgan fingerprint density at radius 1 is 1.19 bits per heavy atom. The van der Waals surface area contributed by atoms with E-state index in [1.807, 2.05) is 6.92 Å².